The molecule has 7 heteroatoms. The Morgan fingerprint density at radius 2 is 1.76 bits per heavy atom. The molecule has 90 valence electrons. The Balaban J connectivity index is 2.38. The highest BCUT2D eigenvalue weighted by Crippen LogP contribution is 2.21. The first-order chi connectivity index (χ1) is 8.20. The van der Waals surface area contributed by atoms with Gasteiger partial charge < -0.3 is 26.2 Å². The van der Waals surface area contributed by atoms with E-state index in [0.29, 0.717) is 18.5 Å². The predicted molar refractivity (Wildman–Crippen MR) is 65.0 cm³/mol. The first-order valence-electron chi connectivity index (χ1n) is 5.01. The fraction of sp³-hybridized carbons (Fsp3) is 0.200. The van der Waals surface area contributed by atoms with Gasteiger partial charge in [-0.25, -0.2) is 9.97 Å². The van der Waals surface area contributed by atoms with E-state index in [2.05, 4.69) is 19.9 Å². The molecule has 0 bridgehead atoms. The van der Waals surface area contributed by atoms with E-state index in [1.165, 1.54) is 0 Å². The first kappa shape index (κ1) is 11.2. The number of methoxy groups -OCH3 is 1. The molecule has 0 radical (unpaired) electrons. The molecule has 0 unspecified atom stereocenters. The second-order valence-electron chi connectivity index (χ2n) is 3.44. The van der Waals surface area contributed by atoms with Gasteiger partial charge in [0.2, 0.25) is 0 Å². The molecule has 0 saturated carbocycles. The lowest BCUT2D eigenvalue weighted by atomic mass is 10.1. The molecule has 2 aromatic heterocycles. The predicted octanol–water partition coefficient (Wildman–Crippen LogP) is 0.375. The Hall–Kier alpha value is -2.28. The molecular weight excluding hydrogens is 220 g/mol. The van der Waals surface area contributed by atoms with Crippen LogP contribution in [0.5, 0.6) is 0 Å². The van der Waals surface area contributed by atoms with E-state index in [-0.39, 0.29) is 0 Å². The number of hydrogen-bond donors (Lipinski definition) is 4. The molecule has 7 nitrogen and oxygen atoms in total. The molecule has 0 saturated heterocycles. The van der Waals surface area contributed by atoms with Crippen molar-refractivity contribution in [3.8, 4) is 0 Å². The zero-order chi connectivity index (χ0) is 12.3. The molecule has 17 heavy (non-hydrogen) atoms. The van der Waals surface area contributed by atoms with Gasteiger partial charge in [0.15, 0.2) is 11.9 Å². The summed E-state index contributed by atoms with van der Waals surface area (Å²) < 4.78 is 5.02. The minimum atomic E-state index is 0.357. The summed E-state index contributed by atoms with van der Waals surface area (Å²) in [5, 5.41) is 0. The van der Waals surface area contributed by atoms with Crippen LogP contribution in [0.1, 0.15) is 11.4 Å². The molecule has 2 rings (SSSR count). The molecule has 0 spiro atoms. The number of rotatable bonds is 4. The highest BCUT2D eigenvalue weighted by atomic mass is 16.5. The van der Waals surface area contributed by atoms with Gasteiger partial charge in [0, 0.05) is 12.7 Å². The minimum Gasteiger partial charge on any atom is -0.381 e. The third-order valence-electron chi connectivity index (χ3n) is 2.23. The lowest BCUT2D eigenvalue weighted by Crippen LogP contribution is -1.94. The smallest absolute Gasteiger partial charge is 0.197 e. The summed E-state index contributed by atoms with van der Waals surface area (Å²) in [5.74, 6) is 0.714. The Kier molecular flexibility index (Phi) is 3.10. The number of nitrogens with two attached hydrogens (primary N) is 2. The summed E-state index contributed by atoms with van der Waals surface area (Å²) in [7, 11) is 1.62. The van der Waals surface area contributed by atoms with Crippen LogP contribution in [0.25, 0.3) is 5.57 Å². The number of nitrogens with one attached hydrogen (secondary N) is 2. The molecule has 6 N–H and O–H groups in total. The van der Waals surface area contributed by atoms with E-state index in [1.807, 2.05) is 6.08 Å². The van der Waals surface area contributed by atoms with Crippen molar-refractivity contribution in [3.63, 3.8) is 0 Å². The van der Waals surface area contributed by atoms with Crippen LogP contribution in [0.4, 0.5) is 11.9 Å². The van der Waals surface area contributed by atoms with Crippen LogP contribution in [-0.2, 0) is 4.74 Å². The fourth-order valence-corrected chi connectivity index (χ4v) is 1.48. The Bertz CT molecular complexity index is 484. The van der Waals surface area contributed by atoms with Gasteiger partial charge in [-0.3, -0.25) is 0 Å². The van der Waals surface area contributed by atoms with Gasteiger partial charge >= 0.3 is 0 Å². The fourth-order valence-electron chi connectivity index (χ4n) is 1.48. The first-order valence-corrected chi connectivity index (χ1v) is 5.01. The maximum absolute atomic E-state index is 5.55. The average molecular weight is 234 g/mol. The standard InChI is InChI=1S/C10H14N6O/c1-17-3-2-6(7-4-13-9(11)15-7)8-5-14-10(12)16-8/h2,4-5H,3H2,1H3,(H3,11,13,15)(H3,12,14,16). The van der Waals surface area contributed by atoms with E-state index >= 15 is 0 Å². The molecule has 2 heterocycles. The van der Waals surface area contributed by atoms with Crippen molar-refractivity contribution in [2.24, 2.45) is 0 Å². The van der Waals surface area contributed by atoms with Crippen LogP contribution in [0.15, 0.2) is 18.5 Å². The quantitative estimate of drug-likeness (QED) is 0.609. The number of nitrogens with zero attached hydrogens (tertiary/aromatic N) is 2. The van der Waals surface area contributed by atoms with Gasteiger partial charge in [0.05, 0.1) is 30.4 Å². The number of H-pyrrole nitrogens is 2. The van der Waals surface area contributed by atoms with Crippen molar-refractivity contribution in [2.75, 3.05) is 25.2 Å². The van der Waals surface area contributed by atoms with Crippen molar-refractivity contribution < 1.29 is 4.74 Å². The van der Waals surface area contributed by atoms with Crippen LogP contribution >= 0.6 is 0 Å². The van der Waals surface area contributed by atoms with Crippen molar-refractivity contribution >= 4 is 17.5 Å². The number of ether oxygens (including phenoxy) is 1. The summed E-state index contributed by atoms with van der Waals surface area (Å²) in [4.78, 5) is 13.8. The molecule has 0 aromatic carbocycles. The van der Waals surface area contributed by atoms with Crippen molar-refractivity contribution in [2.45, 2.75) is 0 Å². The molecule has 0 aliphatic rings. The lowest BCUT2D eigenvalue weighted by Gasteiger charge is -2.02. The Labute approximate surface area is 97.9 Å². The number of aromatic nitrogens is 4. The van der Waals surface area contributed by atoms with Gasteiger partial charge in [-0.1, -0.05) is 0 Å². The summed E-state index contributed by atoms with van der Waals surface area (Å²) in [6.07, 6.45) is 5.18. The van der Waals surface area contributed by atoms with E-state index < -0.39 is 0 Å². The number of anilines is 2. The van der Waals surface area contributed by atoms with Gasteiger partial charge in [-0.05, 0) is 6.08 Å². The van der Waals surface area contributed by atoms with Crippen LogP contribution in [-0.4, -0.2) is 33.7 Å². The van der Waals surface area contributed by atoms with Gasteiger partial charge in [0.1, 0.15) is 0 Å². The number of hydrogen-bond acceptors (Lipinski definition) is 5. The largest absolute Gasteiger partial charge is 0.381 e. The number of nitrogen functional groups attached to an aromatic ring is 2. The topological polar surface area (TPSA) is 119 Å². The summed E-state index contributed by atoms with van der Waals surface area (Å²) in [6, 6.07) is 0. The second kappa shape index (κ2) is 4.71. The molecule has 0 atom stereocenters. The second-order valence-corrected chi connectivity index (χ2v) is 3.44. The van der Waals surface area contributed by atoms with Gasteiger partial charge in [0.25, 0.3) is 0 Å². The number of imidazole rings is 2. The van der Waals surface area contributed by atoms with Gasteiger partial charge in [-0.2, -0.15) is 0 Å². The maximum Gasteiger partial charge on any atom is 0.197 e. The lowest BCUT2D eigenvalue weighted by molar-refractivity contribution is 0.234. The summed E-state index contributed by atoms with van der Waals surface area (Å²) in [6.45, 7) is 0.465. The van der Waals surface area contributed by atoms with Gasteiger partial charge in [-0.15, -0.1) is 0 Å². The summed E-state index contributed by atoms with van der Waals surface area (Å²) >= 11 is 0. The average Bonchev–Trinajstić information content (AvgIpc) is 2.89. The van der Waals surface area contributed by atoms with Crippen LogP contribution in [0, 0.1) is 0 Å². The Morgan fingerprint density at radius 3 is 2.12 bits per heavy atom. The van der Waals surface area contributed by atoms with E-state index in [9.17, 15) is 0 Å². The molecule has 0 fully saturated rings. The monoisotopic (exact) mass is 234 g/mol. The molecule has 2 aromatic rings. The molecule has 0 aliphatic carbocycles. The van der Waals surface area contributed by atoms with Crippen molar-refractivity contribution in [1.29, 1.82) is 0 Å². The zero-order valence-corrected chi connectivity index (χ0v) is 9.40. The van der Waals surface area contributed by atoms with Crippen LogP contribution in [0.3, 0.4) is 0 Å². The van der Waals surface area contributed by atoms with Crippen molar-refractivity contribution in [1.82, 2.24) is 19.9 Å². The van der Waals surface area contributed by atoms with E-state index in [0.717, 1.165) is 17.0 Å². The van der Waals surface area contributed by atoms with Crippen molar-refractivity contribution in [3.05, 3.63) is 29.9 Å². The zero-order valence-electron chi connectivity index (χ0n) is 9.40. The molecule has 0 aliphatic heterocycles. The number of aromatic amines is 2. The van der Waals surface area contributed by atoms with E-state index in [1.54, 1.807) is 19.5 Å². The highest BCUT2D eigenvalue weighted by Gasteiger charge is 2.09. The third-order valence-corrected chi connectivity index (χ3v) is 2.23. The molecular formula is C10H14N6O. The third kappa shape index (κ3) is 2.45. The maximum atomic E-state index is 5.55. The Morgan fingerprint density at radius 1 is 1.24 bits per heavy atom. The normalized spacial score (nSPS) is 10.4. The summed E-state index contributed by atoms with van der Waals surface area (Å²) in [5.41, 5.74) is 13.5. The minimum absolute atomic E-state index is 0.357. The van der Waals surface area contributed by atoms with Crippen LogP contribution < -0.4 is 11.5 Å². The SMILES string of the molecule is COCC=C(c1cnc(N)[nH]1)c1cnc(N)[nH]1. The molecule has 0 amide bonds. The van der Waals surface area contributed by atoms with E-state index in [4.69, 9.17) is 16.2 Å². The highest BCUT2D eigenvalue weighted by molar-refractivity contribution is 5.76. The van der Waals surface area contributed by atoms with Crippen LogP contribution in [0.2, 0.25) is 0 Å².